The molecule has 2 heterocycles. The number of hydrogen-bond donors (Lipinski definition) is 1. The lowest BCUT2D eigenvalue weighted by molar-refractivity contribution is 0.583. The summed E-state index contributed by atoms with van der Waals surface area (Å²) in [4.78, 5) is 4.33. The lowest BCUT2D eigenvalue weighted by Gasteiger charge is -2.06. The van der Waals surface area contributed by atoms with Gasteiger partial charge in [-0.2, -0.15) is 5.26 Å². The molecule has 2 aromatic heterocycles. The van der Waals surface area contributed by atoms with E-state index < -0.39 is 10.0 Å². The molecule has 0 bridgehead atoms. The van der Waals surface area contributed by atoms with Crippen LogP contribution in [0.1, 0.15) is 16.0 Å². The second-order valence-corrected chi connectivity index (χ2v) is 6.93. The first-order valence-corrected chi connectivity index (χ1v) is 7.72. The lowest BCUT2D eigenvalue weighted by atomic mass is 10.2. The number of rotatable bonds is 4. The summed E-state index contributed by atoms with van der Waals surface area (Å²) in [6.07, 6.45) is 3.30. The molecule has 98 valence electrons. The highest BCUT2D eigenvalue weighted by Gasteiger charge is 2.16. The van der Waals surface area contributed by atoms with Gasteiger partial charge in [-0.3, -0.25) is 4.98 Å². The molecule has 2 aromatic rings. The van der Waals surface area contributed by atoms with Crippen LogP contribution in [-0.4, -0.2) is 13.4 Å². The summed E-state index contributed by atoms with van der Waals surface area (Å²) in [5.41, 5.74) is 1.80. The average Bonchev–Trinajstić information content (AvgIpc) is 2.87. The van der Waals surface area contributed by atoms with Crippen molar-refractivity contribution in [2.45, 2.75) is 17.7 Å². The normalized spacial score (nSPS) is 11.2. The Morgan fingerprint density at radius 2 is 2.21 bits per heavy atom. The molecule has 0 saturated carbocycles. The lowest BCUT2D eigenvalue weighted by Crippen LogP contribution is -2.22. The number of hydrogen-bond acceptors (Lipinski definition) is 5. The molecular formula is C12H11N3O2S2. The van der Waals surface area contributed by atoms with Gasteiger partial charge in [0.15, 0.2) is 0 Å². The molecule has 1 N–H and O–H groups in total. The SMILES string of the molecule is Cc1cnccc1CNS(=O)(=O)c1ccc(C#N)s1. The third kappa shape index (κ3) is 3.17. The van der Waals surface area contributed by atoms with Crippen molar-refractivity contribution in [1.82, 2.24) is 9.71 Å². The standard InChI is InChI=1S/C12H11N3O2S2/c1-9-7-14-5-4-10(9)8-15-19(16,17)12-3-2-11(6-13)18-12/h2-5,7,15H,8H2,1H3. The molecule has 0 amide bonds. The van der Waals surface area contributed by atoms with E-state index in [-0.39, 0.29) is 10.8 Å². The van der Waals surface area contributed by atoms with Crippen LogP contribution < -0.4 is 4.72 Å². The molecule has 0 aliphatic heterocycles. The van der Waals surface area contributed by atoms with Gasteiger partial charge >= 0.3 is 0 Å². The Morgan fingerprint density at radius 1 is 1.42 bits per heavy atom. The topological polar surface area (TPSA) is 82.8 Å². The van der Waals surface area contributed by atoms with Crippen LogP contribution in [0, 0.1) is 18.3 Å². The van der Waals surface area contributed by atoms with E-state index in [0.717, 1.165) is 22.5 Å². The zero-order valence-electron chi connectivity index (χ0n) is 10.1. The zero-order chi connectivity index (χ0) is 13.9. The number of thiophene rings is 1. The van der Waals surface area contributed by atoms with Gasteiger partial charge in [0.05, 0.1) is 0 Å². The molecule has 19 heavy (non-hydrogen) atoms. The predicted molar refractivity (Wildman–Crippen MR) is 72.0 cm³/mol. The minimum absolute atomic E-state index is 0.149. The van der Waals surface area contributed by atoms with Crippen LogP contribution in [0.5, 0.6) is 0 Å². The van der Waals surface area contributed by atoms with Crippen molar-refractivity contribution in [2.24, 2.45) is 0 Å². The zero-order valence-corrected chi connectivity index (χ0v) is 11.8. The van der Waals surface area contributed by atoms with E-state index in [2.05, 4.69) is 9.71 Å². The van der Waals surface area contributed by atoms with Crippen LogP contribution in [0.2, 0.25) is 0 Å². The molecule has 0 aromatic carbocycles. The van der Waals surface area contributed by atoms with Crippen molar-refractivity contribution in [2.75, 3.05) is 0 Å². The van der Waals surface area contributed by atoms with Gasteiger partial charge in [0, 0.05) is 18.9 Å². The maximum Gasteiger partial charge on any atom is 0.250 e. The molecular weight excluding hydrogens is 282 g/mol. The first-order chi connectivity index (χ1) is 9.03. The Balaban J connectivity index is 2.15. The highest BCUT2D eigenvalue weighted by molar-refractivity contribution is 7.91. The summed E-state index contributed by atoms with van der Waals surface area (Å²) in [6, 6.07) is 6.62. The fourth-order valence-electron chi connectivity index (χ4n) is 1.47. The van der Waals surface area contributed by atoms with Crippen LogP contribution in [0.25, 0.3) is 0 Å². The van der Waals surface area contributed by atoms with Crippen LogP contribution >= 0.6 is 11.3 Å². The second kappa shape index (κ2) is 5.48. The van der Waals surface area contributed by atoms with Gasteiger partial charge in [-0.25, -0.2) is 13.1 Å². The molecule has 0 atom stereocenters. The first-order valence-electron chi connectivity index (χ1n) is 5.42. The van der Waals surface area contributed by atoms with E-state index in [1.807, 2.05) is 13.0 Å². The summed E-state index contributed by atoms with van der Waals surface area (Å²) in [7, 11) is -3.57. The quantitative estimate of drug-likeness (QED) is 0.931. The molecule has 0 aliphatic rings. The van der Waals surface area contributed by atoms with Crippen LogP contribution in [0.4, 0.5) is 0 Å². The number of nitrogens with one attached hydrogen (secondary N) is 1. The Labute approximate surface area is 115 Å². The van der Waals surface area contributed by atoms with E-state index in [0.29, 0.717) is 4.88 Å². The number of nitrogens with zero attached hydrogens (tertiary/aromatic N) is 2. The van der Waals surface area contributed by atoms with Gasteiger partial charge in [0.1, 0.15) is 15.2 Å². The van der Waals surface area contributed by atoms with Gasteiger partial charge < -0.3 is 0 Å². The maximum absolute atomic E-state index is 12.0. The molecule has 7 heteroatoms. The summed E-state index contributed by atoms with van der Waals surface area (Å²) in [5.74, 6) is 0. The Kier molecular flexibility index (Phi) is 3.95. The predicted octanol–water partition coefficient (Wildman–Crippen LogP) is 1.80. The van der Waals surface area contributed by atoms with Crippen LogP contribution in [0.3, 0.4) is 0 Å². The Hall–Kier alpha value is -1.75. The summed E-state index contributed by atoms with van der Waals surface area (Å²) in [5, 5.41) is 8.70. The molecule has 0 unspecified atom stereocenters. The van der Waals surface area contributed by atoms with Crippen molar-refractivity contribution in [3.05, 3.63) is 46.6 Å². The smallest absolute Gasteiger partial charge is 0.250 e. The van der Waals surface area contributed by atoms with Crippen molar-refractivity contribution in [3.8, 4) is 6.07 Å². The summed E-state index contributed by atoms with van der Waals surface area (Å²) >= 11 is 0.955. The summed E-state index contributed by atoms with van der Waals surface area (Å²) in [6.45, 7) is 2.08. The third-order valence-corrected chi connectivity index (χ3v) is 5.43. The van der Waals surface area contributed by atoms with Gasteiger partial charge in [-0.05, 0) is 36.2 Å². The first kappa shape index (κ1) is 13.7. The molecule has 0 fully saturated rings. The average molecular weight is 293 g/mol. The highest BCUT2D eigenvalue weighted by atomic mass is 32.2. The second-order valence-electron chi connectivity index (χ2n) is 3.86. The minimum atomic E-state index is -3.57. The highest BCUT2D eigenvalue weighted by Crippen LogP contribution is 2.20. The van der Waals surface area contributed by atoms with Gasteiger partial charge in [0.25, 0.3) is 0 Å². The van der Waals surface area contributed by atoms with E-state index >= 15 is 0 Å². The number of nitriles is 1. The largest absolute Gasteiger partial charge is 0.264 e. The number of aryl methyl sites for hydroxylation is 1. The van der Waals surface area contributed by atoms with Gasteiger partial charge in [-0.1, -0.05) is 0 Å². The fourth-order valence-corrected chi connectivity index (χ4v) is 3.62. The monoisotopic (exact) mass is 293 g/mol. The molecule has 2 rings (SSSR count). The summed E-state index contributed by atoms with van der Waals surface area (Å²) < 4.78 is 26.7. The molecule has 0 saturated heterocycles. The third-order valence-electron chi connectivity index (χ3n) is 2.55. The molecule has 5 nitrogen and oxygen atoms in total. The van der Waals surface area contributed by atoms with Gasteiger partial charge in [0.2, 0.25) is 10.0 Å². The van der Waals surface area contributed by atoms with Crippen LogP contribution in [0.15, 0.2) is 34.8 Å². The van der Waals surface area contributed by atoms with Crippen LogP contribution in [-0.2, 0) is 16.6 Å². The van der Waals surface area contributed by atoms with E-state index in [1.165, 1.54) is 12.1 Å². The minimum Gasteiger partial charge on any atom is -0.264 e. The number of sulfonamides is 1. The fraction of sp³-hybridized carbons (Fsp3) is 0.167. The Bertz CT molecular complexity index is 729. The number of aromatic nitrogens is 1. The van der Waals surface area contributed by atoms with E-state index in [4.69, 9.17) is 5.26 Å². The maximum atomic E-state index is 12.0. The van der Waals surface area contributed by atoms with Gasteiger partial charge in [-0.15, -0.1) is 11.3 Å². The van der Waals surface area contributed by atoms with E-state index in [1.54, 1.807) is 18.5 Å². The molecule has 0 aliphatic carbocycles. The Morgan fingerprint density at radius 3 is 2.84 bits per heavy atom. The molecule has 0 spiro atoms. The number of pyridine rings is 1. The van der Waals surface area contributed by atoms with Crippen molar-refractivity contribution < 1.29 is 8.42 Å². The van der Waals surface area contributed by atoms with Crippen molar-refractivity contribution >= 4 is 21.4 Å². The van der Waals surface area contributed by atoms with Crippen molar-refractivity contribution in [1.29, 1.82) is 5.26 Å². The molecule has 0 radical (unpaired) electrons. The van der Waals surface area contributed by atoms with E-state index in [9.17, 15) is 8.42 Å². The van der Waals surface area contributed by atoms with Crippen molar-refractivity contribution in [3.63, 3.8) is 0 Å².